The van der Waals surface area contributed by atoms with Crippen LogP contribution < -0.4 is 0 Å². The Morgan fingerprint density at radius 3 is 2.18 bits per heavy atom. The van der Waals surface area contributed by atoms with Crippen LogP contribution in [-0.2, 0) is 20.7 Å². The Hall–Kier alpha value is -1.39. The van der Waals surface area contributed by atoms with Crippen molar-refractivity contribution in [1.82, 2.24) is 0 Å². The number of carbonyl (C=O) groups is 1. The normalized spacial score (nSPS) is 14.3. The summed E-state index contributed by atoms with van der Waals surface area (Å²) < 4.78 is 10.7. The number of rotatable bonds is 7. The fourth-order valence-corrected chi connectivity index (χ4v) is 4.83. The predicted octanol–water partition coefficient (Wildman–Crippen LogP) is 4.00. The second-order valence-electron chi connectivity index (χ2n) is 6.55. The van der Waals surface area contributed by atoms with E-state index in [0.29, 0.717) is 0 Å². The van der Waals surface area contributed by atoms with Crippen LogP contribution in [0.25, 0.3) is 0 Å². The number of carbonyl (C=O) groups excluding carboxylic acids is 1. The molecule has 0 bridgehead atoms. The second-order valence-corrected chi connectivity index (χ2v) is 11.5. The molecule has 0 heterocycles. The van der Waals surface area contributed by atoms with Crippen LogP contribution >= 0.6 is 0 Å². The average molecular weight is 321 g/mol. The minimum atomic E-state index is -1.80. The van der Waals surface area contributed by atoms with Crippen molar-refractivity contribution in [3.63, 3.8) is 0 Å². The van der Waals surface area contributed by atoms with E-state index in [-0.39, 0.29) is 12.1 Å². The van der Waals surface area contributed by atoms with Gasteiger partial charge in [0.2, 0.25) is 0 Å². The maximum atomic E-state index is 12.2. The van der Waals surface area contributed by atoms with Gasteiger partial charge in [0.25, 0.3) is 0 Å². The molecule has 0 saturated carbocycles. The van der Waals surface area contributed by atoms with Crippen LogP contribution in [0.3, 0.4) is 0 Å². The Morgan fingerprint density at radius 1 is 1.14 bits per heavy atom. The molecule has 22 heavy (non-hydrogen) atoms. The van der Waals surface area contributed by atoms with E-state index >= 15 is 0 Å². The number of methoxy groups -OCH3 is 2. The molecule has 0 aromatic heterocycles. The van der Waals surface area contributed by atoms with E-state index in [9.17, 15) is 4.79 Å². The lowest BCUT2D eigenvalue weighted by atomic mass is 10.0. The van der Waals surface area contributed by atoms with Crippen molar-refractivity contribution in [2.75, 3.05) is 14.2 Å². The zero-order chi connectivity index (χ0) is 16.8. The summed E-state index contributed by atoms with van der Waals surface area (Å²) in [6, 6.07) is 10.3. The minimum Gasteiger partial charge on any atom is -0.466 e. The third kappa shape index (κ3) is 5.11. The van der Waals surface area contributed by atoms with Crippen LogP contribution in [0.1, 0.15) is 18.9 Å². The third-order valence-corrected chi connectivity index (χ3v) is 5.94. The largest absolute Gasteiger partial charge is 0.466 e. The Labute approximate surface area is 135 Å². The zero-order valence-corrected chi connectivity index (χ0v) is 15.6. The van der Waals surface area contributed by atoms with Gasteiger partial charge in [0.15, 0.2) is 0 Å². The molecule has 0 fully saturated rings. The van der Waals surface area contributed by atoms with Gasteiger partial charge in [0, 0.05) is 12.3 Å². The summed E-state index contributed by atoms with van der Waals surface area (Å²) in [4.78, 5) is 12.2. The molecule has 1 atom stereocenters. The molecule has 0 aliphatic rings. The molecule has 4 heteroatoms. The van der Waals surface area contributed by atoms with E-state index in [2.05, 4.69) is 31.8 Å². The van der Waals surface area contributed by atoms with Crippen molar-refractivity contribution in [3.05, 3.63) is 46.7 Å². The molecular formula is C18H28O3Si. The Balaban J connectivity index is 2.99. The lowest BCUT2D eigenvalue weighted by Crippen LogP contribution is -2.34. The van der Waals surface area contributed by atoms with Gasteiger partial charge in [-0.15, -0.1) is 0 Å². The van der Waals surface area contributed by atoms with Crippen molar-refractivity contribution in [2.45, 2.75) is 45.5 Å². The standard InChI is InChI=1S/C18H28O3Si/c1-14(17(18(19)21-3)22(4,5)6)16(20-2)13-12-15-10-8-7-9-11-15/h7-11,16H,12-13H2,1-6H3/b17-14-. The minimum absolute atomic E-state index is 0.0546. The molecule has 0 N–H and O–H groups in total. The highest BCUT2D eigenvalue weighted by molar-refractivity contribution is 6.87. The van der Waals surface area contributed by atoms with Crippen molar-refractivity contribution >= 4 is 14.0 Å². The Morgan fingerprint density at radius 2 is 1.73 bits per heavy atom. The Bertz CT molecular complexity index is 515. The van der Waals surface area contributed by atoms with Crippen LogP contribution in [0.5, 0.6) is 0 Å². The summed E-state index contributed by atoms with van der Waals surface area (Å²) in [5, 5.41) is 0.843. The number of hydrogen-bond donors (Lipinski definition) is 0. The molecule has 1 unspecified atom stereocenters. The highest BCUT2D eigenvalue weighted by atomic mass is 28.3. The lowest BCUT2D eigenvalue weighted by Gasteiger charge is -2.26. The molecule has 0 aliphatic heterocycles. The molecule has 0 radical (unpaired) electrons. The van der Waals surface area contributed by atoms with E-state index in [1.165, 1.54) is 12.7 Å². The molecule has 3 nitrogen and oxygen atoms in total. The van der Waals surface area contributed by atoms with E-state index in [0.717, 1.165) is 23.6 Å². The highest BCUT2D eigenvalue weighted by Crippen LogP contribution is 2.25. The Kier molecular flexibility index (Phi) is 7.03. The van der Waals surface area contributed by atoms with Crippen molar-refractivity contribution in [1.29, 1.82) is 0 Å². The van der Waals surface area contributed by atoms with E-state index in [1.54, 1.807) is 7.11 Å². The van der Waals surface area contributed by atoms with Crippen molar-refractivity contribution < 1.29 is 14.3 Å². The van der Waals surface area contributed by atoms with Gasteiger partial charge in [-0.1, -0.05) is 50.0 Å². The van der Waals surface area contributed by atoms with E-state index < -0.39 is 8.07 Å². The maximum Gasteiger partial charge on any atom is 0.329 e. The predicted molar refractivity (Wildman–Crippen MR) is 93.6 cm³/mol. The van der Waals surface area contributed by atoms with Gasteiger partial charge in [0.05, 0.1) is 21.3 Å². The van der Waals surface area contributed by atoms with Crippen molar-refractivity contribution in [3.8, 4) is 0 Å². The molecular weight excluding hydrogens is 292 g/mol. The van der Waals surface area contributed by atoms with Crippen LogP contribution in [0.4, 0.5) is 0 Å². The summed E-state index contributed by atoms with van der Waals surface area (Å²) in [6.45, 7) is 8.48. The smallest absolute Gasteiger partial charge is 0.329 e. The van der Waals surface area contributed by atoms with E-state index in [4.69, 9.17) is 9.47 Å². The highest BCUT2D eigenvalue weighted by Gasteiger charge is 2.31. The summed E-state index contributed by atoms with van der Waals surface area (Å²) >= 11 is 0. The summed E-state index contributed by atoms with van der Waals surface area (Å²) in [5.41, 5.74) is 2.30. The van der Waals surface area contributed by atoms with Gasteiger partial charge in [-0.2, -0.15) is 0 Å². The van der Waals surface area contributed by atoms with E-state index in [1.807, 2.05) is 25.1 Å². The molecule has 0 saturated heterocycles. The zero-order valence-electron chi connectivity index (χ0n) is 14.6. The van der Waals surface area contributed by atoms with Gasteiger partial charge in [-0.3, -0.25) is 0 Å². The molecule has 1 aromatic rings. The first kappa shape index (κ1) is 18.7. The van der Waals surface area contributed by atoms with Gasteiger partial charge >= 0.3 is 5.97 Å². The topological polar surface area (TPSA) is 35.5 Å². The van der Waals surface area contributed by atoms with Crippen LogP contribution in [0.2, 0.25) is 19.6 Å². The maximum absolute atomic E-state index is 12.2. The fraction of sp³-hybridized carbons (Fsp3) is 0.500. The summed E-state index contributed by atoms with van der Waals surface area (Å²) in [6.07, 6.45) is 1.73. The average Bonchev–Trinajstić information content (AvgIpc) is 2.47. The third-order valence-electron chi connectivity index (χ3n) is 3.84. The van der Waals surface area contributed by atoms with Gasteiger partial charge < -0.3 is 9.47 Å². The number of esters is 1. The summed E-state index contributed by atoms with van der Waals surface area (Å²) in [5.74, 6) is -0.210. The lowest BCUT2D eigenvalue weighted by molar-refractivity contribution is -0.135. The van der Waals surface area contributed by atoms with Gasteiger partial charge in [0.1, 0.15) is 0 Å². The molecule has 0 spiro atoms. The monoisotopic (exact) mass is 320 g/mol. The first-order valence-corrected chi connectivity index (χ1v) is 11.2. The van der Waals surface area contributed by atoms with Gasteiger partial charge in [-0.25, -0.2) is 4.79 Å². The first-order valence-electron chi connectivity index (χ1n) is 7.67. The van der Waals surface area contributed by atoms with Crippen molar-refractivity contribution in [2.24, 2.45) is 0 Å². The van der Waals surface area contributed by atoms with Crippen LogP contribution in [-0.4, -0.2) is 34.4 Å². The van der Waals surface area contributed by atoms with Crippen LogP contribution in [0, 0.1) is 0 Å². The molecule has 1 aromatic carbocycles. The molecule has 1 rings (SSSR count). The SMILES string of the molecule is COC(=O)/C(=C(\C)C(CCc1ccccc1)OC)[Si](C)(C)C. The number of ether oxygens (including phenoxy) is 2. The summed E-state index contributed by atoms with van der Waals surface area (Å²) in [7, 11) is 1.36. The number of benzene rings is 1. The number of aryl methyl sites for hydroxylation is 1. The molecule has 0 amide bonds. The van der Waals surface area contributed by atoms with Gasteiger partial charge in [-0.05, 0) is 30.9 Å². The second kappa shape index (κ2) is 8.29. The molecule has 0 aliphatic carbocycles. The quantitative estimate of drug-likeness (QED) is 0.433. The number of hydrogen-bond acceptors (Lipinski definition) is 3. The first-order chi connectivity index (χ1) is 10.3. The molecule has 122 valence electrons. The van der Waals surface area contributed by atoms with Crippen LogP contribution in [0.15, 0.2) is 41.1 Å². The fourth-order valence-electron chi connectivity index (χ4n) is 2.78.